The van der Waals surface area contributed by atoms with Gasteiger partial charge in [-0.1, -0.05) is 36.4 Å². The van der Waals surface area contributed by atoms with Gasteiger partial charge in [-0.15, -0.1) is 0 Å². The van der Waals surface area contributed by atoms with Gasteiger partial charge in [0.2, 0.25) is 0 Å². The number of hydrogen-bond donors (Lipinski definition) is 2. The lowest BCUT2D eigenvalue weighted by Gasteiger charge is -2.26. The second kappa shape index (κ2) is 9.68. The topological polar surface area (TPSA) is 87.7 Å². The molecule has 1 atom stereocenters. The standard InChI is InChI=1S/C25H26ClN3O4/c1-4-10-33-17-8-5-7-16(13-17)24-21-22(18-14-19(26)15(2)12-20(18)30)27-28-23(21)25(31)29(24)9-6-11-32-3/h4-5,7-8,12-14,24,30H,1,6,9-11H2,2-3H3,(H,27,28). The summed E-state index contributed by atoms with van der Waals surface area (Å²) in [5.41, 5.74) is 3.70. The summed E-state index contributed by atoms with van der Waals surface area (Å²) >= 11 is 6.35. The molecule has 1 aromatic heterocycles. The summed E-state index contributed by atoms with van der Waals surface area (Å²) in [5.74, 6) is 0.578. The molecule has 33 heavy (non-hydrogen) atoms. The van der Waals surface area contributed by atoms with Crippen LogP contribution < -0.4 is 4.74 Å². The smallest absolute Gasteiger partial charge is 0.273 e. The first kappa shape index (κ1) is 22.9. The Bertz CT molecular complexity index is 1190. The van der Waals surface area contributed by atoms with Crippen LogP contribution in [-0.2, 0) is 4.74 Å². The SMILES string of the molecule is C=CCOc1cccc(C2c3c(-c4cc(Cl)c(C)cc4O)n[nH]c3C(=O)N2CCCOC)c1. The fraction of sp³-hybridized carbons (Fsp3) is 0.280. The van der Waals surface area contributed by atoms with E-state index in [1.807, 2.05) is 31.2 Å². The minimum atomic E-state index is -0.412. The maximum atomic E-state index is 13.4. The number of carbonyl (C=O) groups is 1. The third kappa shape index (κ3) is 4.34. The number of fused-ring (bicyclic) bond motifs is 1. The van der Waals surface area contributed by atoms with Gasteiger partial charge in [0.1, 0.15) is 29.5 Å². The maximum absolute atomic E-state index is 13.4. The number of nitrogens with zero attached hydrogens (tertiary/aromatic N) is 2. The number of rotatable bonds is 9. The zero-order valence-corrected chi connectivity index (χ0v) is 19.4. The zero-order valence-electron chi connectivity index (χ0n) is 18.6. The third-order valence-corrected chi connectivity index (χ3v) is 6.09. The van der Waals surface area contributed by atoms with Gasteiger partial charge >= 0.3 is 0 Å². The molecule has 2 N–H and O–H groups in total. The summed E-state index contributed by atoms with van der Waals surface area (Å²) in [5, 5.41) is 18.5. The molecule has 1 unspecified atom stereocenters. The van der Waals surface area contributed by atoms with E-state index in [0.717, 1.165) is 11.1 Å². The number of aryl methyl sites for hydroxylation is 1. The predicted molar refractivity (Wildman–Crippen MR) is 127 cm³/mol. The normalized spacial score (nSPS) is 15.1. The highest BCUT2D eigenvalue weighted by Crippen LogP contribution is 2.45. The lowest BCUT2D eigenvalue weighted by atomic mass is 9.95. The summed E-state index contributed by atoms with van der Waals surface area (Å²) in [4.78, 5) is 15.2. The van der Waals surface area contributed by atoms with E-state index in [9.17, 15) is 9.90 Å². The van der Waals surface area contributed by atoms with Gasteiger partial charge in [-0.3, -0.25) is 9.89 Å². The average Bonchev–Trinajstić information content (AvgIpc) is 3.34. The predicted octanol–water partition coefficient (Wildman–Crippen LogP) is 4.89. The Kier molecular flexibility index (Phi) is 6.72. The van der Waals surface area contributed by atoms with Gasteiger partial charge in [0.25, 0.3) is 5.91 Å². The number of phenols is 1. The number of aromatic amines is 1. The Balaban J connectivity index is 1.84. The number of hydrogen-bond acceptors (Lipinski definition) is 5. The van der Waals surface area contributed by atoms with Crippen LogP contribution in [0.2, 0.25) is 5.02 Å². The van der Waals surface area contributed by atoms with Crippen molar-refractivity contribution in [2.24, 2.45) is 0 Å². The number of H-pyrrole nitrogens is 1. The van der Waals surface area contributed by atoms with Crippen LogP contribution in [0.25, 0.3) is 11.3 Å². The van der Waals surface area contributed by atoms with Crippen molar-refractivity contribution < 1.29 is 19.4 Å². The second-order valence-corrected chi connectivity index (χ2v) is 8.31. The molecule has 0 spiro atoms. The van der Waals surface area contributed by atoms with Crippen LogP contribution in [0, 0.1) is 6.92 Å². The maximum Gasteiger partial charge on any atom is 0.273 e. The molecule has 2 aromatic carbocycles. The van der Waals surface area contributed by atoms with E-state index >= 15 is 0 Å². The number of aromatic hydroxyl groups is 1. The van der Waals surface area contributed by atoms with Gasteiger partial charge < -0.3 is 19.5 Å². The minimum absolute atomic E-state index is 0.0540. The summed E-state index contributed by atoms with van der Waals surface area (Å²) in [6.45, 7) is 6.92. The van der Waals surface area contributed by atoms with Crippen LogP contribution in [0.5, 0.6) is 11.5 Å². The summed E-state index contributed by atoms with van der Waals surface area (Å²) in [6.07, 6.45) is 2.36. The number of nitrogens with one attached hydrogen (secondary N) is 1. The molecule has 0 fully saturated rings. The van der Waals surface area contributed by atoms with E-state index in [1.54, 1.807) is 30.2 Å². The van der Waals surface area contributed by atoms with E-state index in [-0.39, 0.29) is 11.7 Å². The average molecular weight is 468 g/mol. The molecule has 0 aliphatic carbocycles. The van der Waals surface area contributed by atoms with Crippen molar-refractivity contribution in [1.29, 1.82) is 0 Å². The van der Waals surface area contributed by atoms with Crippen LogP contribution >= 0.6 is 11.6 Å². The van der Waals surface area contributed by atoms with Crippen LogP contribution in [0.15, 0.2) is 49.1 Å². The lowest BCUT2D eigenvalue weighted by Crippen LogP contribution is -2.31. The Labute approximate surface area is 197 Å². The van der Waals surface area contributed by atoms with E-state index < -0.39 is 6.04 Å². The minimum Gasteiger partial charge on any atom is -0.507 e. The molecule has 8 heteroatoms. The zero-order chi connectivity index (χ0) is 23.5. The van der Waals surface area contributed by atoms with E-state index in [1.165, 1.54) is 0 Å². The van der Waals surface area contributed by atoms with Crippen molar-refractivity contribution >= 4 is 17.5 Å². The Morgan fingerprint density at radius 2 is 2.15 bits per heavy atom. The molecular weight excluding hydrogens is 442 g/mol. The first-order valence-electron chi connectivity index (χ1n) is 10.7. The van der Waals surface area contributed by atoms with Crippen molar-refractivity contribution in [2.75, 3.05) is 26.9 Å². The molecule has 7 nitrogen and oxygen atoms in total. The molecule has 0 saturated carbocycles. The van der Waals surface area contributed by atoms with Crippen molar-refractivity contribution in [3.8, 4) is 22.8 Å². The van der Waals surface area contributed by atoms with Crippen molar-refractivity contribution in [3.05, 3.63) is 76.5 Å². The number of phenolic OH excluding ortho intramolecular Hbond substituents is 1. The molecule has 3 aromatic rings. The summed E-state index contributed by atoms with van der Waals surface area (Å²) in [6, 6.07) is 10.5. The van der Waals surface area contributed by atoms with E-state index in [2.05, 4.69) is 16.8 Å². The molecule has 0 bridgehead atoms. The lowest BCUT2D eigenvalue weighted by molar-refractivity contribution is 0.0723. The van der Waals surface area contributed by atoms with Crippen molar-refractivity contribution in [2.45, 2.75) is 19.4 Å². The summed E-state index contributed by atoms with van der Waals surface area (Å²) in [7, 11) is 1.64. The molecule has 2 heterocycles. The van der Waals surface area contributed by atoms with E-state index in [4.69, 9.17) is 21.1 Å². The Morgan fingerprint density at radius 1 is 1.33 bits per heavy atom. The number of methoxy groups -OCH3 is 1. The number of carbonyl (C=O) groups excluding carboxylic acids is 1. The largest absolute Gasteiger partial charge is 0.507 e. The summed E-state index contributed by atoms with van der Waals surface area (Å²) < 4.78 is 10.9. The van der Waals surface area contributed by atoms with Gasteiger partial charge in [-0.2, -0.15) is 5.10 Å². The number of amides is 1. The highest BCUT2D eigenvalue weighted by atomic mass is 35.5. The molecule has 172 valence electrons. The van der Waals surface area contributed by atoms with E-state index in [0.29, 0.717) is 59.5 Å². The second-order valence-electron chi connectivity index (χ2n) is 7.90. The fourth-order valence-electron chi connectivity index (χ4n) is 4.14. The van der Waals surface area contributed by atoms with Gasteiger partial charge in [-0.05, 0) is 48.7 Å². The molecule has 0 saturated heterocycles. The first-order chi connectivity index (χ1) is 16.0. The van der Waals surface area contributed by atoms with Crippen molar-refractivity contribution in [3.63, 3.8) is 0 Å². The molecule has 4 rings (SSSR count). The third-order valence-electron chi connectivity index (χ3n) is 5.69. The Morgan fingerprint density at radius 3 is 2.91 bits per heavy atom. The van der Waals surface area contributed by atoms with Crippen LogP contribution in [0.3, 0.4) is 0 Å². The molecular formula is C25H26ClN3O4. The number of aromatic nitrogens is 2. The van der Waals surface area contributed by atoms with Crippen LogP contribution in [0.1, 0.15) is 39.6 Å². The fourth-order valence-corrected chi connectivity index (χ4v) is 4.31. The van der Waals surface area contributed by atoms with Gasteiger partial charge in [0, 0.05) is 36.4 Å². The van der Waals surface area contributed by atoms with Gasteiger partial charge in [0.15, 0.2) is 0 Å². The molecule has 1 aliphatic rings. The highest BCUT2D eigenvalue weighted by Gasteiger charge is 2.42. The van der Waals surface area contributed by atoms with Gasteiger partial charge in [0.05, 0.1) is 6.04 Å². The molecule has 1 aliphatic heterocycles. The molecule has 1 amide bonds. The monoisotopic (exact) mass is 467 g/mol. The van der Waals surface area contributed by atoms with Crippen LogP contribution in [-0.4, -0.2) is 53.0 Å². The Hall–Kier alpha value is -3.29. The first-order valence-corrected chi connectivity index (χ1v) is 11.0. The molecule has 0 radical (unpaired) electrons. The number of benzene rings is 2. The number of ether oxygens (including phenoxy) is 2. The van der Waals surface area contributed by atoms with Crippen molar-refractivity contribution in [1.82, 2.24) is 15.1 Å². The highest BCUT2D eigenvalue weighted by molar-refractivity contribution is 6.31. The van der Waals surface area contributed by atoms with Crippen LogP contribution in [0.4, 0.5) is 0 Å². The van der Waals surface area contributed by atoms with Gasteiger partial charge in [-0.25, -0.2) is 0 Å². The quantitative estimate of drug-likeness (QED) is 0.345. The number of halogens is 1.